The summed E-state index contributed by atoms with van der Waals surface area (Å²) >= 11 is 0. The minimum Gasteiger partial charge on any atom is -0.494 e. The molecule has 0 bridgehead atoms. The number of ether oxygens (including phenoxy) is 1. The zero-order valence-electron chi connectivity index (χ0n) is 30.2. The summed E-state index contributed by atoms with van der Waals surface area (Å²) in [7, 11) is 3.41. The number of aromatic nitrogens is 1. The summed E-state index contributed by atoms with van der Waals surface area (Å²) < 4.78 is 7.55. The van der Waals surface area contributed by atoms with E-state index in [0.29, 0.717) is 35.0 Å². The number of nitrogens with one attached hydrogen (secondary N) is 1. The van der Waals surface area contributed by atoms with Crippen LogP contribution in [-0.2, 0) is 23.7 Å². The number of anilines is 1. The van der Waals surface area contributed by atoms with E-state index >= 15 is 0 Å². The number of likely N-dealkylation sites (tertiary alicyclic amines) is 1. The van der Waals surface area contributed by atoms with Crippen LogP contribution in [0.15, 0.2) is 36.4 Å². The van der Waals surface area contributed by atoms with Gasteiger partial charge in [0, 0.05) is 31.4 Å². The summed E-state index contributed by atoms with van der Waals surface area (Å²) in [5.74, 6) is 1.65. The van der Waals surface area contributed by atoms with Gasteiger partial charge in [-0.25, -0.2) is 0 Å². The van der Waals surface area contributed by atoms with Crippen molar-refractivity contribution in [2.24, 2.45) is 36.5 Å². The first kappa shape index (κ1) is 35.5. The molecular weight excluding hydrogens is 600 g/mol. The molecule has 4 atom stereocenters. The van der Waals surface area contributed by atoms with Crippen molar-refractivity contribution in [3.8, 4) is 5.75 Å². The third kappa shape index (κ3) is 7.58. The summed E-state index contributed by atoms with van der Waals surface area (Å²) in [6.07, 6.45) is 9.89. The Balaban J connectivity index is 1.32. The molecule has 2 heterocycles. The zero-order valence-corrected chi connectivity index (χ0v) is 30.2. The normalized spacial score (nSPS) is 21.1. The van der Waals surface area contributed by atoms with E-state index in [2.05, 4.69) is 42.3 Å². The van der Waals surface area contributed by atoms with E-state index in [9.17, 15) is 14.4 Å². The predicted molar refractivity (Wildman–Crippen MR) is 194 cm³/mol. The van der Waals surface area contributed by atoms with Crippen LogP contribution < -0.4 is 15.8 Å². The van der Waals surface area contributed by atoms with Crippen LogP contribution in [0.5, 0.6) is 5.75 Å². The lowest BCUT2D eigenvalue weighted by molar-refractivity contribution is -0.137. The zero-order chi connectivity index (χ0) is 34.7. The van der Waals surface area contributed by atoms with Crippen LogP contribution in [-0.4, -0.2) is 47.4 Å². The number of nitrogens with zero attached hydrogens (tertiary/aromatic N) is 2. The monoisotopic (exact) mass is 656 g/mol. The number of para-hydroxylation sites is 1. The highest BCUT2D eigenvalue weighted by atomic mass is 16.5. The number of carbonyl (C=O) groups excluding carboxylic acids is 3. The fraction of sp³-hybridized carbons (Fsp3) is 0.575. The van der Waals surface area contributed by atoms with Crippen molar-refractivity contribution in [1.82, 2.24) is 9.47 Å². The molecule has 48 heavy (non-hydrogen) atoms. The second-order valence-electron chi connectivity index (χ2n) is 15.5. The van der Waals surface area contributed by atoms with E-state index in [1.165, 1.54) is 31.9 Å². The Hall–Kier alpha value is -3.81. The molecule has 5 rings (SSSR count). The van der Waals surface area contributed by atoms with Crippen LogP contribution in [0.1, 0.15) is 118 Å². The maximum absolute atomic E-state index is 13.8. The Morgan fingerprint density at radius 3 is 2.50 bits per heavy atom. The van der Waals surface area contributed by atoms with Crippen LogP contribution in [0.25, 0.3) is 10.9 Å². The van der Waals surface area contributed by atoms with Gasteiger partial charge in [0.2, 0.25) is 5.91 Å². The summed E-state index contributed by atoms with van der Waals surface area (Å²) in [4.78, 5) is 41.8. The minimum absolute atomic E-state index is 0.215. The number of hydrogen-bond acceptors (Lipinski definition) is 4. The van der Waals surface area contributed by atoms with Crippen LogP contribution in [0.3, 0.4) is 0 Å². The maximum Gasteiger partial charge on any atom is 0.272 e. The molecule has 3 N–H and O–H groups in total. The number of aryl methyl sites for hydroxylation is 1. The molecule has 260 valence electrons. The van der Waals surface area contributed by atoms with Gasteiger partial charge in [0.15, 0.2) is 5.75 Å². The third-order valence-electron chi connectivity index (χ3n) is 11.2. The molecule has 4 unspecified atom stereocenters. The summed E-state index contributed by atoms with van der Waals surface area (Å²) in [5, 5.41) is 4.03. The fourth-order valence-electron chi connectivity index (χ4n) is 8.20. The van der Waals surface area contributed by atoms with Crippen LogP contribution in [0.2, 0.25) is 0 Å². The highest BCUT2D eigenvalue weighted by Gasteiger charge is 2.32. The molecule has 2 aliphatic rings. The van der Waals surface area contributed by atoms with Crippen LogP contribution >= 0.6 is 0 Å². The third-order valence-corrected chi connectivity index (χ3v) is 11.2. The number of hydrogen-bond donors (Lipinski definition) is 2. The molecule has 1 saturated heterocycles. The first-order valence-corrected chi connectivity index (χ1v) is 18.0. The number of nitrogens with two attached hydrogens (primary N) is 1. The van der Waals surface area contributed by atoms with Crippen molar-refractivity contribution in [3.05, 3.63) is 58.8 Å². The predicted octanol–water partition coefficient (Wildman–Crippen LogP) is 7.86. The van der Waals surface area contributed by atoms with Crippen molar-refractivity contribution in [2.45, 2.75) is 97.8 Å². The highest BCUT2D eigenvalue weighted by Crippen LogP contribution is 2.37. The molecule has 1 aliphatic heterocycles. The van der Waals surface area contributed by atoms with Gasteiger partial charge in [-0.1, -0.05) is 72.1 Å². The van der Waals surface area contributed by atoms with E-state index < -0.39 is 5.91 Å². The molecule has 3 aromatic rings. The smallest absolute Gasteiger partial charge is 0.272 e. The number of primary amides is 1. The Morgan fingerprint density at radius 2 is 1.81 bits per heavy atom. The average molecular weight is 657 g/mol. The van der Waals surface area contributed by atoms with E-state index in [4.69, 9.17) is 10.5 Å². The van der Waals surface area contributed by atoms with E-state index in [1.807, 2.05) is 44.5 Å². The number of benzene rings is 2. The van der Waals surface area contributed by atoms with Crippen molar-refractivity contribution in [3.63, 3.8) is 0 Å². The molecule has 0 spiro atoms. The van der Waals surface area contributed by atoms with Gasteiger partial charge in [-0.2, -0.15) is 0 Å². The van der Waals surface area contributed by atoms with Crippen LogP contribution in [0.4, 0.5) is 5.69 Å². The molecule has 1 saturated carbocycles. The topological polar surface area (TPSA) is 107 Å². The van der Waals surface area contributed by atoms with Crippen molar-refractivity contribution < 1.29 is 19.1 Å². The molecular formula is C40H56N4O4. The van der Waals surface area contributed by atoms with Gasteiger partial charge in [0.05, 0.1) is 23.9 Å². The molecule has 8 nitrogen and oxygen atoms in total. The fourth-order valence-corrected chi connectivity index (χ4v) is 8.20. The number of fused-ring (bicyclic) bond motifs is 1. The first-order valence-electron chi connectivity index (χ1n) is 18.0. The number of amides is 3. The molecule has 2 fully saturated rings. The Kier molecular flexibility index (Phi) is 10.9. The molecule has 1 aromatic heterocycles. The lowest BCUT2D eigenvalue weighted by Gasteiger charge is -2.32. The van der Waals surface area contributed by atoms with Gasteiger partial charge < -0.3 is 25.3 Å². The minimum atomic E-state index is -0.612. The van der Waals surface area contributed by atoms with Gasteiger partial charge in [-0.05, 0) is 91.0 Å². The lowest BCUT2D eigenvalue weighted by atomic mass is 9.79. The van der Waals surface area contributed by atoms with Crippen molar-refractivity contribution in [1.29, 1.82) is 0 Å². The average Bonchev–Trinajstić information content (AvgIpc) is 3.22. The van der Waals surface area contributed by atoms with Crippen LogP contribution in [0, 0.1) is 23.7 Å². The van der Waals surface area contributed by atoms with Crippen molar-refractivity contribution >= 4 is 34.3 Å². The molecule has 8 heteroatoms. The summed E-state index contributed by atoms with van der Waals surface area (Å²) in [6.45, 7) is 12.5. The molecule has 3 amide bonds. The highest BCUT2D eigenvalue weighted by molar-refractivity contribution is 6.08. The standard InChI is InChI=1S/C40H56N4O4/c1-8-26-12-9-15-30(21-26)39(47)44-18-11-16-27(17-19-44)25(2)20-28-13-10-14-29-22-34(43(6)35(28)29)38(46)42-33-24-31(40(3,4)5)23-32(37(41)45)36(33)48-7/h10,13-14,22-27,30H,8-9,11-12,15-21H2,1-7H3,(H2,41,45)(H,42,46). The quantitative estimate of drug-likeness (QED) is 0.245. The van der Waals surface area contributed by atoms with E-state index in [-0.39, 0.29) is 28.6 Å². The second kappa shape index (κ2) is 14.8. The van der Waals surface area contributed by atoms with Crippen molar-refractivity contribution in [2.75, 3.05) is 25.5 Å². The Labute approximate surface area is 286 Å². The Morgan fingerprint density at radius 1 is 1.04 bits per heavy atom. The van der Waals surface area contributed by atoms with Gasteiger partial charge in [-0.15, -0.1) is 0 Å². The second-order valence-corrected chi connectivity index (χ2v) is 15.5. The van der Waals surface area contributed by atoms with Gasteiger partial charge >= 0.3 is 0 Å². The van der Waals surface area contributed by atoms with Gasteiger partial charge in [0.1, 0.15) is 5.69 Å². The molecule has 2 aromatic carbocycles. The number of carbonyl (C=O) groups is 3. The SMILES string of the molecule is CCC1CCCC(C(=O)N2CCCC(C(C)Cc3cccc4cc(C(=O)Nc5cc(C(C)(C)C)cc(C(N)=O)c5OC)n(C)c34)CC2)C1. The van der Waals surface area contributed by atoms with Gasteiger partial charge in [0.25, 0.3) is 11.8 Å². The lowest BCUT2D eigenvalue weighted by Crippen LogP contribution is -2.38. The Bertz CT molecular complexity index is 1650. The summed E-state index contributed by atoms with van der Waals surface area (Å²) in [6, 6.07) is 11.8. The number of rotatable bonds is 9. The number of methoxy groups -OCH3 is 1. The molecule has 0 radical (unpaired) electrons. The first-order chi connectivity index (χ1) is 22.8. The maximum atomic E-state index is 13.8. The largest absolute Gasteiger partial charge is 0.494 e. The molecule has 1 aliphatic carbocycles. The van der Waals surface area contributed by atoms with E-state index in [1.54, 1.807) is 6.07 Å². The van der Waals surface area contributed by atoms with E-state index in [0.717, 1.165) is 68.1 Å². The van der Waals surface area contributed by atoms with Gasteiger partial charge in [-0.3, -0.25) is 14.4 Å². The summed E-state index contributed by atoms with van der Waals surface area (Å²) in [5.41, 5.74) is 9.74.